The second-order valence-electron chi connectivity index (χ2n) is 8.87. The number of nitrogens with zero attached hydrogens (tertiary/aromatic N) is 3. The van der Waals surface area contributed by atoms with Crippen molar-refractivity contribution >= 4 is 5.91 Å². The molecule has 1 aromatic rings. The highest BCUT2D eigenvalue weighted by atomic mass is 16.5. The maximum absolute atomic E-state index is 12.8. The van der Waals surface area contributed by atoms with E-state index in [4.69, 9.17) is 4.52 Å². The predicted octanol–water partition coefficient (Wildman–Crippen LogP) is 3.70. The Bertz CT molecular complexity index is 639. The highest BCUT2D eigenvalue weighted by molar-refractivity contribution is 5.77. The molecule has 0 aromatic carbocycles. The smallest absolute Gasteiger partial charge is 0.227 e. The van der Waals surface area contributed by atoms with E-state index >= 15 is 0 Å². The molecule has 1 aliphatic heterocycles. The van der Waals surface area contributed by atoms with E-state index in [1.807, 2.05) is 0 Å². The number of likely N-dealkylation sites (tertiary alicyclic amines) is 1. The fourth-order valence-electron chi connectivity index (χ4n) is 5.66. The van der Waals surface area contributed by atoms with Gasteiger partial charge in [-0.1, -0.05) is 11.6 Å². The fraction of sp³-hybridized carbons (Fsp3) is 0.850. The van der Waals surface area contributed by atoms with Crippen LogP contribution in [0.5, 0.6) is 0 Å². The summed E-state index contributed by atoms with van der Waals surface area (Å²) in [7, 11) is 0. The maximum Gasteiger partial charge on any atom is 0.227 e. The zero-order valence-corrected chi connectivity index (χ0v) is 15.0. The minimum absolute atomic E-state index is 0.289. The summed E-state index contributed by atoms with van der Waals surface area (Å²) < 4.78 is 5.32. The van der Waals surface area contributed by atoms with E-state index in [1.165, 1.54) is 57.8 Å². The minimum Gasteiger partial charge on any atom is -0.340 e. The van der Waals surface area contributed by atoms with Gasteiger partial charge in [0.1, 0.15) is 0 Å². The van der Waals surface area contributed by atoms with Gasteiger partial charge in [0.05, 0.1) is 0 Å². The molecule has 5 nitrogen and oxygen atoms in total. The molecule has 2 heterocycles. The number of carbonyl (C=O) groups is 1. The Kier molecular flexibility index (Phi) is 4.05. The minimum atomic E-state index is 0.289. The Labute approximate surface area is 149 Å². The van der Waals surface area contributed by atoms with Crippen molar-refractivity contribution < 1.29 is 9.32 Å². The third-order valence-corrected chi connectivity index (χ3v) is 7.14. The molecule has 3 aliphatic carbocycles. The van der Waals surface area contributed by atoms with Crippen molar-refractivity contribution in [2.45, 2.75) is 82.6 Å². The number of aryl methyl sites for hydroxylation is 1. The number of fused-ring (bicyclic) bond motifs is 2. The van der Waals surface area contributed by atoms with Gasteiger partial charge in [0.2, 0.25) is 11.8 Å². The SMILES string of the molecule is O=C(CCc1nc(C2CC2)no1)N1CCC[C@@H]1C[C@@H]1C[C@H]2CC[C@H]1C2. The van der Waals surface area contributed by atoms with Crippen LogP contribution in [-0.2, 0) is 11.2 Å². The summed E-state index contributed by atoms with van der Waals surface area (Å²) in [6.07, 6.45) is 12.9. The number of amides is 1. The van der Waals surface area contributed by atoms with Gasteiger partial charge in [-0.15, -0.1) is 0 Å². The van der Waals surface area contributed by atoms with E-state index in [-0.39, 0.29) is 5.91 Å². The Hall–Kier alpha value is -1.39. The summed E-state index contributed by atoms with van der Waals surface area (Å²) in [5, 5.41) is 4.05. The van der Waals surface area contributed by atoms with Gasteiger partial charge >= 0.3 is 0 Å². The molecule has 0 unspecified atom stereocenters. The lowest BCUT2D eigenvalue weighted by atomic mass is 9.83. The second kappa shape index (κ2) is 6.40. The van der Waals surface area contributed by atoms with Gasteiger partial charge in [-0.05, 0) is 69.1 Å². The first-order valence-electron chi connectivity index (χ1n) is 10.4. The molecule has 1 aromatic heterocycles. The van der Waals surface area contributed by atoms with Gasteiger partial charge in [0, 0.05) is 31.3 Å². The van der Waals surface area contributed by atoms with Gasteiger partial charge in [-0.3, -0.25) is 4.79 Å². The fourth-order valence-corrected chi connectivity index (χ4v) is 5.66. The van der Waals surface area contributed by atoms with Crippen LogP contribution in [0, 0.1) is 17.8 Å². The lowest BCUT2D eigenvalue weighted by molar-refractivity contribution is -0.132. The average molecular weight is 343 g/mol. The zero-order chi connectivity index (χ0) is 16.8. The van der Waals surface area contributed by atoms with Crippen molar-refractivity contribution in [3.8, 4) is 0 Å². The molecule has 3 saturated carbocycles. The van der Waals surface area contributed by atoms with Crippen molar-refractivity contribution in [1.29, 1.82) is 0 Å². The monoisotopic (exact) mass is 343 g/mol. The molecule has 0 radical (unpaired) electrons. The first kappa shape index (κ1) is 15.8. The molecule has 4 atom stereocenters. The predicted molar refractivity (Wildman–Crippen MR) is 92.9 cm³/mol. The molecule has 4 aliphatic rings. The van der Waals surface area contributed by atoms with Crippen molar-refractivity contribution in [1.82, 2.24) is 15.0 Å². The van der Waals surface area contributed by atoms with Crippen molar-refractivity contribution in [3.05, 3.63) is 11.7 Å². The number of aromatic nitrogens is 2. The number of hydrogen-bond donors (Lipinski definition) is 0. The Morgan fingerprint density at radius 1 is 1.16 bits per heavy atom. The Morgan fingerprint density at radius 2 is 2.08 bits per heavy atom. The van der Waals surface area contributed by atoms with Crippen LogP contribution in [0.2, 0.25) is 0 Å². The Balaban J connectivity index is 1.14. The molecule has 2 bridgehead atoms. The second-order valence-corrected chi connectivity index (χ2v) is 8.87. The zero-order valence-electron chi connectivity index (χ0n) is 15.0. The molecule has 0 N–H and O–H groups in total. The van der Waals surface area contributed by atoms with E-state index < -0.39 is 0 Å². The average Bonchev–Trinajstić information content (AvgIpc) is 3.06. The van der Waals surface area contributed by atoms with E-state index in [0.29, 0.717) is 30.7 Å². The molecule has 4 fully saturated rings. The van der Waals surface area contributed by atoms with Crippen LogP contribution in [0.25, 0.3) is 0 Å². The highest BCUT2D eigenvalue weighted by Gasteiger charge is 2.42. The van der Waals surface area contributed by atoms with Crippen LogP contribution in [0.3, 0.4) is 0 Å². The summed E-state index contributed by atoms with van der Waals surface area (Å²) in [6, 6.07) is 0.488. The number of hydrogen-bond acceptors (Lipinski definition) is 4. The van der Waals surface area contributed by atoms with E-state index in [0.717, 1.165) is 30.1 Å². The van der Waals surface area contributed by atoms with Crippen LogP contribution in [0.4, 0.5) is 0 Å². The third-order valence-electron chi connectivity index (χ3n) is 7.14. The van der Waals surface area contributed by atoms with Crippen molar-refractivity contribution in [2.24, 2.45) is 17.8 Å². The molecule has 1 saturated heterocycles. The first-order chi connectivity index (χ1) is 12.3. The summed E-state index contributed by atoms with van der Waals surface area (Å²) in [4.78, 5) is 19.4. The Morgan fingerprint density at radius 3 is 2.84 bits per heavy atom. The highest BCUT2D eigenvalue weighted by Crippen LogP contribution is 2.50. The molecule has 0 spiro atoms. The van der Waals surface area contributed by atoms with Crippen molar-refractivity contribution in [2.75, 3.05) is 6.54 Å². The largest absolute Gasteiger partial charge is 0.340 e. The standard InChI is InChI=1S/C20H29N3O2/c24-19(8-7-18-21-20(22-25-18)14-5-6-14)23-9-1-2-17(23)12-16-11-13-3-4-15(16)10-13/h13-17H,1-12H2/t13-,15-,16-,17+/m0/s1. The summed E-state index contributed by atoms with van der Waals surface area (Å²) in [5.74, 6) is 5.13. The van der Waals surface area contributed by atoms with Crippen LogP contribution < -0.4 is 0 Å². The quantitative estimate of drug-likeness (QED) is 0.790. The molecule has 5 rings (SSSR count). The van der Waals surface area contributed by atoms with Gasteiger partial charge < -0.3 is 9.42 Å². The van der Waals surface area contributed by atoms with Gasteiger partial charge in [0.25, 0.3) is 0 Å². The lowest BCUT2D eigenvalue weighted by Gasteiger charge is -2.30. The van der Waals surface area contributed by atoms with Crippen molar-refractivity contribution in [3.63, 3.8) is 0 Å². The van der Waals surface area contributed by atoms with Gasteiger partial charge in [0.15, 0.2) is 5.82 Å². The van der Waals surface area contributed by atoms with Crippen LogP contribution >= 0.6 is 0 Å². The molecule has 1 amide bonds. The van der Waals surface area contributed by atoms with E-state index in [1.54, 1.807) is 0 Å². The van der Waals surface area contributed by atoms with Gasteiger partial charge in [-0.2, -0.15) is 4.98 Å². The molecule has 136 valence electrons. The number of rotatable bonds is 6. The third kappa shape index (κ3) is 3.22. The molecule has 5 heteroatoms. The van der Waals surface area contributed by atoms with Crippen LogP contribution in [0.1, 0.15) is 81.8 Å². The molecular formula is C20H29N3O2. The summed E-state index contributed by atoms with van der Waals surface area (Å²) in [6.45, 7) is 0.946. The lowest BCUT2D eigenvalue weighted by Crippen LogP contribution is -2.37. The number of carbonyl (C=O) groups excluding carboxylic acids is 1. The van der Waals surface area contributed by atoms with Crippen LogP contribution in [-0.4, -0.2) is 33.5 Å². The molecule has 25 heavy (non-hydrogen) atoms. The topological polar surface area (TPSA) is 59.2 Å². The normalized spacial score (nSPS) is 34.2. The molecular weight excluding hydrogens is 314 g/mol. The summed E-state index contributed by atoms with van der Waals surface area (Å²) in [5.41, 5.74) is 0. The maximum atomic E-state index is 12.8. The van der Waals surface area contributed by atoms with E-state index in [9.17, 15) is 4.79 Å². The van der Waals surface area contributed by atoms with Crippen LogP contribution in [0.15, 0.2) is 4.52 Å². The van der Waals surface area contributed by atoms with E-state index in [2.05, 4.69) is 15.0 Å². The summed E-state index contributed by atoms with van der Waals surface area (Å²) >= 11 is 0. The van der Waals surface area contributed by atoms with Gasteiger partial charge in [-0.25, -0.2) is 0 Å². The first-order valence-corrected chi connectivity index (χ1v) is 10.4.